The molecule has 3 fully saturated rings. The standard InChI is InChI=1S/C34H52P2Si/c1-27(35(28-17-9-5-10-18-28)29-19-11-6-12-20-29)34-32(25-26-33(34)37(2,3)4)36(30-21-13-7-14-22-30)31-23-15-8-16-24-31/h7-8,13-16,21-24,27-29,32-34H,5-6,9-12,17-20,25-26H2,1-4H3. The average molecular weight is 551 g/mol. The first-order chi connectivity index (χ1) is 17.9. The van der Waals surface area contributed by atoms with Crippen molar-refractivity contribution < 1.29 is 0 Å². The molecule has 2 aromatic rings. The summed E-state index contributed by atoms with van der Waals surface area (Å²) in [6, 6.07) is 23.5. The molecular formula is C34H52P2Si. The van der Waals surface area contributed by atoms with Crippen LogP contribution >= 0.6 is 15.8 Å². The van der Waals surface area contributed by atoms with E-state index in [1.165, 1.54) is 51.4 Å². The van der Waals surface area contributed by atoms with Gasteiger partial charge in [-0.3, -0.25) is 0 Å². The van der Waals surface area contributed by atoms with E-state index in [0.29, 0.717) is 0 Å². The van der Waals surface area contributed by atoms with Gasteiger partial charge >= 0.3 is 0 Å². The zero-order chi connectivity index (χ0) is 25.8. The minimum Gasteiger partial charge on any atom is -0.0971 e. The van der Waals surface area contributed by atoms with Crippen molar-refractivity contribution in [2.24, 2.45) is 5.92 Å². The van der Waals surface area contributed by atoms with E-state index in [-0.39, 0.29) is 15.8 Å². The fraction of sp³-hybridized carbons (Fsp3) is 0.647. The molecule has 4 atom stereocenters. The maximum atomic E-state index is 2.81. The third kappa shape index (κ3) is 6.47. The lowest BCUT2D eigenvalue weighted by atomic mass is 9.99. The molecule has 0 saturated heterocycles. The van der Waals surface area contributed by atoms with Gasteiger partial charge in [-0.1, -0.05) is 140 Å². The Kier molecular flexibility index (Phi) is 9.70. The van der Waals surface area contributed by atoms with E-state index in [1.807, 2.05) is 0 Å². The first-order valence-corrected chi connectivity index (χ1v) is 22.2. The normalized spacial score (nSPS) is 27.1. The van der Waals surface area contributed by atoms with Gasteiger partial charge in [0.2, 0.25) is 0 Å². The van der Waals surface area contributed by atoms with Gasteiger partial charge in [-0.2, -0.15) is 0 Å². The zero-order valence-electron chi connectivity index (χ0n) is 24.1. The van der Waals surface area contributed by atoms with Gasteiger partial charge in [0.1, 0.15) is 0 Å². The Morgan fingerprint density at radius 3 is 1.51 bits per heavy atom. The molecule has 0 nitrogen and oxygen atoms in total. The Labute approximate surface area is 232 Å². The van der Waals surface area contributed by atoms with Gasteiger partial charge in [-0.05, 0) is 84.7 Å². The summed E-state index contributed by atoms with van der Waals surface area (Å²) in [7, 11) is -1.49. The number of benzene rings is 2. The molecule has 3 aliphatic carbocycles. The van der Waals surface area contributed by atoms with Crippen molar-refractivity contribution >= 4 is 34.5 Å². The Morgan fingerprint density at radius 1 is 0.622 bits per heavy atom. The second kappa shape index (κ2) is 12.8. The molecule has 0 aromatic heterocycles. The lowest BCUT2D eigenvalue weighted by Crippen LogP contribution is -2.41. The van der Waals surface area contributed by atoms with Gasteiger partial charge in [-0.15, -0.1) is 0 Å². The molecule has 0 amide bonds. The van der Waals surface area contributed by atoms with Crippen LogP contribution in [0.25, 0.3) is 0 Å². The van der Waals surface area contributed by atoms with Crippen molar-refractivity contribution in [3.8, 4) is 0 Å². The predicted molar refractivity (Wildman–Crippen MR) is 173 cm³/mol. The van der Waals surface area contributed by atoms with Crippen LogP contribution in [-0.2, 0) is 0 Å². The van der Waals surface area contributed by atoms with Gasteiger partial charge in [0, 0.05) is 8.07 Å². The van der Waals surface area contributed by atoms with Crippen molar-refractivity contribution in [3.63, 3.8) is 0 Å². The highest BCUT2D eigenvalue weighted by atomic mass is 31.1. The average Bonchev–Trinajstić information content (AvgIpc) is 3.37. The minimum atomic E-state index is -1.26. The quantitative estimate of drug-likeness (QED) is 0.227. The van der Waals surface area contributed by atoms with Crippen LogP contribution in [0.5, 0.6) is 0 Å². The van der Waals surface area contributed by atoms with Crippen molar-refractivity contribution in [1.82, 2.24) is 0 Å². The molecule has 0 aliphatic heterocycles. The molecule has 37 heavy (non-hydrogen) atoms. The highest BCUT2D eigenvalue weighted by Crippen LogP contribution is 2.67. The molecule has 0 heterocycles. The summed E-state index contributed by atoms with van der Waals surface area (Å²) in [4.78, 5) is 0. The third-order valence-electron chi connectivity index (χ3n) is 10.2. The Hall–Kier alpha value is -0.483. The van der Waals surface area contributed by atoms with Crippen LogP contribution in [0.4, 0.5) is 0 Å². The van der Waals surface area contributed by atoms with E-state index < -0.39 is 8.07 Å². The highest BCUT2D eigenvalue weighted by molar-refractivity contribution is 7.73. The first-order valence-electron chi connectivity index (χ1n) is 15.6. The van der Waals surface area contributed by atoms with Crippen molar-refractivity contribution in [2.45, 2.75) is 132 Å². The van der Waals surface area contributed by atoms with Crippen LogP contribution in [0.2, 0.25) is 25.2 Å². The molecular weight excluding hydrogens is 498 g/mol. The third-order valence-corrected chi connectivity index (χ3v) is 20.1. The van der Waals surface area contributed by atoms with Crippen LogP contribution < -0.4 is 10.6 Å². The molecule has 3 saturated carbocycles. The summed E-state index contributed by atoms with van der Waals surface area (Å²) in [5.41, 5.74) is 4.89. The summed E-state index contributed by atoms with van der Waals surface area (Å²) in [5, 5.41) is 3.25. The van der Waals surface area contributed by atoms with Crippen LogP contribution in [-0.4, -0.2) is 30.7 Å². The summed E-state index contributed by atoms with van der Waals surface area (Å²) in [6.07, 6.45) is 18.2. The Balaban J connectivity index is 1.56. The summed E-state index contributed by atoms with van der Waals surface area (Å²) < 4.78 is 0. The van der Waals surface area contributed by atoms with Crippen LogP contribution in [0.3, 0.4) is 0 Å². The molecule has 0 N–H and O–H groups in total. The van der Waals surface area contributed by atoms with Crippen molar-refractivity contribution in [2.75, 3.05) is 0 Å². The monoisotopic (exact) mass is 550 g/mol. The molecule has 4 unspecified atom stereocenters. The lowest BCUT2D eigenvalue weighted by Gasteiger charge is -2.48. The van der Waals surface area contributed by atoms with Gasteiger partial charge in [0.05, 0.1) is 0 Å². The minimum absolute atomic E-state index is 0.100. The van der Waals surface area contributed by atoms with Crippen molar-refractivity contribution in [3.05, 3.63) is 60.7 Å². The second-order valence-corrected chi connectivity index (χ2v) is 24.6. The van der Waals surface area contributed by atoms with E-state index in [2.05, 4.69) is 87.2 Å². The smallest absolute Gasteiger partial charge is 0.0477 e. The van der Waals surface area contributed by atoms with Crippen LogP contribution in [0, 0.1) is 5.92 Å². The van der Waals surface area contributed by atoms with Gasteiger partial charge in [-0.25, -0.2) is 0 Å². The summed E-state index contributed by atoms with van der Waals surface area (Å²) in [6.45, 7) is 10.9. The lowest BCUT2D eigenvalue weighted by molar-refractivity contribution is 0.465. The fourth-order valence-electron chi connectivity index (χ4n) is 8.60. The SMILES string of the molecule is CC(C1C(P(c2ccccc2)c2ccccc2)CCC1[Si](C)(C)C)P(C1CCCCC1)C1CCCCC1. The molecule has 3 aliphatic rings. The number of hydrogen-bond acceptors (Lipinski definition) is 0. The summed E-state index contributed by atoms with van der Waals surface area (Å²) in [5.74, 6) is 0.924. The Morgan fingerprint density at radius 2 is 1.08 bits per heavy atom. The Bertz CT molecular complexity index is 885. The molecule has 5 rings (SSSR count). The summed E-state index contributed by atoms with van der Waals surface area (Å²) >= 11 is 0. The molecule has 3 heteroatoms. The van der Waals surface area contributed by atoms with Gasteiger partial charge in [0.25, 0.3) is 0 Å². The zero-order valence-corrected chi connectivity index (χ0v) is 26.9. The number of rotatable bonds is 8. The highest BCUT2D eigenvalue weighted by Gasteiger charge is 2.51. The predicted octanol–water partition coefficient (Wildman–Crippen LogP) is 10.1. The van der Waals surface area contributed by atoms with E-state index in [1.54, 1.807) is 36.3 Å². The maximum absolute atomic E-state index is 2.81. The molecule has 0 radical (unpaired) electrons. The van der Waals surface area contributed by atoms with Crippen molar-refractivity contribution in [1.29, 1.82) is 0 Å². The molecule has 0 spiro atoms. The van der Waals surface area contributed by atoms with Gasteiger partial charge < -0.3 is 0 Å². The molecule has 2 aromatic carbocycles. The van der Waals surface area contributed by atoms with E-state index in [9.17, 15) is 0 Å². The van der Waals surface area contributed by atoms with E-state index in [4.69, 9.17) is 0 Å². The fourth-order valence-corrected chi connectivity index (χ4v) is 19.7. The first kappa shape index (κ1) is 28.1. The topological polar surface area (TPSA) is 0 Å². The molecule has 0 bridgehead atoms. The van der Waals surface area contributed by atoms with E-state index >= 15 is 0 Å². The molecule has 202 valence electrons. The van der Waals surface area contributed by atoms with Crippen LogP contribution in [0.1, 0.15) is 84.0 Å². The van der Waals surface area contributed by atoms with Gasteiger partial charge in [0.15, 0.2) is 0 Å². The van der Waals surface area contributed by atoms with Crippen LogP contribution in [0.15, 0.2) is 60.7 Å². The largest absolute Gasteiger partial charge is 0.0971 e. The second-order valence-electron chi connectivity index (χ2n) is 13.5. The number of hydrogen-bond donors (Lipinski definition) is 0. The van der Waals surface area contributed by atoms with E-state index in [0.717, 1.165) is 34.1 Å². The maximum Gasteiger partial charge on any atom is 0.0477 e.